The van der Waals surface area contributed by atoms with Gasteiger partial charge in [-0.25, -0.2) is 8.42 Å². The summed E-state index contributed by atoms with van der Waals surface area (Å²) in [4.78, 5) is 0. The number of benzene rings is 1. The molecular weight excluding hydrogens is 312 g/mol. The molecule has 0 spiro atoms. The number of aliphatic hydroxyl groups excluding tert-OH is 1. The number of nitrogens with zero attached hydrogens (tertiary/aromatic N) is 1. The van der Waals surface area contributed by atoms with Crippen LogP contribution in [0.25, 0.3) is 0 Å². The van der Waals surface area contributed by atoms with Crippen molar-refractivity contribution < 1.29 is 13.5 Å². The maximum atomic E-state index is 12.0. The third-order valence-electron chi connectivity index (χ3n) is 4.42. The molecule has 0 bridgehead atoms. The molecule has 0 saturated carbocycles. The highest BCUT2D eigenvalue weighted by atomic mass is 32.2. The van der Waals surface area contributed by atoms with Crippen molar-refractivity contribution in [2.75, 3.05) is 23.1 Å². The SMILES string of the molecule is CC(NCCC(O)C(C)C)c1cccc(N2CCCS2(=O)=O)c1. The zero-order valence-electron chi connectivity index (χ0n) is 14.2. The highest BCUT2D eigenvalue weighted by Gasteiger charge is 2.28. The van der Waals surface area contributed by atoms with Gasteiger partial charge in [0, 0.05) is 12.6 Å². The van der Waals surface area contributed by atoms with Gasteiger partial charge in [0.2, 0.25) is 10.0 Å². The Hall–Kier alpha value is -1.11. The van der Waals surface area contributed by atoms with Crippen molar-refractivity contribution in [3.8, 4) is 0 Å². The second-order valence-electron chi connectivity index (χ2n) is 6.61. The number of nitrogens with one attached hydrogen (secondary N) is 1. The summed E-state index contributed by atoms with van der Waals surface area (Å²) in [5, 5.41) is 13.2. The van der Waals surface area contributed by atoms with Crippen LogP contribution in [0, 0.1) is 5.92 Å². The number of hydrogen-bond acceptors (Lipinski definition) is 4. The van der Waals surface area contributed by atoms with Gasteiger partial charge < -0.3 is 10.4 Å². The molecule has 1 aromatic carbocycles. The molecule has 0 aliphatic carbocycles. The van der Waals surface area contributed by atoms with E-state index in [1.165, 1.54) is 4.31 Å². The van der Waals surface area contributed by atoms with Crippen LogP contribution < -0.4 is 9.62 Å². The van der Waals surface area contributed by atoms with Gasteiger partial charge in [-0.05, 0) is 49.9 Å². The highest BCUT2D eigenvalue weighted by Crippen LogP contribution is 2.26. The first-order chi connectivity index (χ1) is 10.8. The molecule has 130 valence electrons. The van der Waals surface area contributed by atoms with Crippen LogP contribution in [0.5, 0.6) is 0 Å². The molecule has 2 unspecified atom stereocenters. The number of sulfonamides is 1. The number of anilines is 1. The van der Waals surface area contributed by atoms with Gasteiger partial charge in [-0.2, -0.15) is 0 Å². The summed E-state index contributed by atoms with van der Waals surface area (Å²) in [5.41, 5.74) is 1.81. The van der Waals surface area contributed by atoms with Crippen LogP contribution in [-0.4, -0.2) is 38.5 Å². The molecule has 0 amide bonds. The van der Waals surface area contributed by atoms with Crippen molar-refractivity contribution in [3.05, 3.63) is 29.8 Å². The average molecular weight is 340 g/mol. The molecule has 2 atom stereocenters. The van der Waals surface area contributed by atoms with Crippen molar-refractivity contribution in [3.63, 3.8) is 0 Å². The fourth-order valence-electron chi connectivity index (χ4n) is 2.78. The van der Waals surface area contributed by atoms with Gasteiger partial charge in [-0.3, -0.25) is 4.31 Å². The van der Waals surface area contributed by atoms with Gasteiger partial charge in [0.05, 0.1) is 17.5 Å². The molecule has 1 aliphatic heterocycles. The molecule has 1 fully saturated rings. The molecular formula is C17H28N2O3S. The molecule has 0 aromatic heterocycles. The summed E-state index contributed by atoms with van der Waals surface area (Å²) < 4.78 is 25.6. The van der Waals surface area contributed by atoms with E-state index in [9.17, 15) is 13.5 Å². The smallest absolute Gasteiger partial charge is 0.235 e. The van der Waals surface area contributed by atoms with Crippen molar-refractivity contribution >= 4 is 15.7 Å². The van der Waals surface area contributed by atoms with E-state index in [0.29, 0.717) is 19.4 Å². The molecule has 1 aromatic rings. The molecule has 2 rings (SSSR count). The van der Waals surface area contributed by atoms with Crippen LogP contribution in [0.1, 0.15) is 45.2 Å². The van der Waals surface area contributed by atoms with Crippen LogP contribution in [0.15, 0.2) is 24.3 Å². The summed E-state index contributed by atoms with van der Waals surface area (Å²) in [5.74, 6) is 0.494. The summed E-state index contributed by atoms with van der Waals surface area (Å²) in [7, 11) is -3.14. The number of hydrogen-bond donors (Lipinski definition) is 2. The predicted octanol–water partition coefficient (Wildman–Crippen LogP) is 2.28. The van der Waals surface area contributed by atoms with E-state index in [-0.39, 0.29) is 23.8 Å². The fourth-order valence-corrected chi connectivity index (χ4v) is 4.33. The van der Waals surface area contributed by atoms with Crippen LogP contribution in [-0.2, 0) is 10.0 Å². The monoisotopic (exact) mass is 340 g/mol. The molecule has 23 heavy (non-hydrogen) atoms. The summed E-state index contributed by atoms with van der Waals surface area (Å²) >= 11 is 0. The van der Waals surface area contributed by atoms with E-state index in [2.05, 4.69) is 12.2 Å². The third-order valence-corrected chi connectivity index (χ3v) is 6.29. The quantitative estimate of drug-likeness (QED) is 0.799. The van der Waals surface area contributed by atoms with Crippen LogP contribution in [0.4, 0.5) is 5.69 Å². The molecule has 6 heteroatoms. The maximum Gasteiger partial charge on any atom is 0.235 e. The number of aliphatic hydroxyl groups is 1. The van der Waals surface area contributed by atoms with E-state index < -0.39 is 10.0 Å². The first kappa shape index (κ1) is 18.2. The maximum absolute atomic E-state index is 12.0. The third kappa shape index (κ3) is 4.68. The molecule has 1 aliphatic rings. The molecule has 1 heterocycles. The minimum Gasteiger partial charge on any atom is -0.393 e. The lowest BCUT2D eigenvalue weighted by molar-refractivity contribution is 0.115. The summed E-state index contributed by atoms with van der Waals surface area (Å²) in [6.45, 7) is 7.36. The van der Waals surface area contributed by atoms with Crippen LogP contribution >= 0.6 is 0 Å². The Morgan fingerprint density at radius 2 is 2.04 bits per heavy atom. The van der Waals surface area contributed by atoms with Crippen molar-refractivity contribution in [2.24, 2.45) is 5.92 Å². The normalized spacial score (nSPS) is 20.0. The standard InChI is InChI=1S/C17H28N2O3S/c1-13(2)17(20)8-9-18-14(3)15-6-4-7-16(12-15)19-10-5-11-23(19,21)22/h4,6-7,12-14,17-18,20H,5,8-11H2,1-3H3. The minimum atomic E-state index is -3.14. The van der Waals surface area contributed by atoms with Crippen LogP contribution in [0.2, 0.25) is 0 Å². The lowest BCUT2D eigenvalue weighted by Crippen LogP contribution is -2.27. The van der Waals surface area contributed by atoms with E-state index >= 15 is 0 Å². The molecule has 2 N–H and O–H groups in total. The Balaban J connectivity index is 1.99. The number of rotatable bonds is 7. The largest absolute Gasteiger partial charge is 0.393 e. The van der Waals surface area contributed by atoms with Gasteiger partial charge >= 0.3 is 0 Å². The van der Waals surface area contributed by atoms with Gasteiger partial charge in [0.15, 0.2) is 0 Å². The lowest BCUT2D eigenvalue weighted by Gasteiger charge is -2.21. The Morgan fingerprint density at radius 1 is 1.30 bits per heavy atom. The predicted molar refractivity (Wildman–Crippen MR) is 94.1 cm³/mol. The zero-order valence-corrected chi connectivity index (χ0v) is 15.0. The minimum absolute atomic E-state index is 0.111. The van der Waals surface area contributed by atoms with Gasteiger partial charge in [0.25, 0.3) is 0 Å². The first-order valence-electron chi connectivity index (χ1n) is 8.33. The molecule has 0 radical (unpaired) electrons. The summed E-state index contributed by atoms with van der Waals surface area (Å²) in [6, 6.07) is 7.81. The van der Waals surface area contributed by atoms with E-state index in [1.807, 2.05) is 38.1 Å². The van der Waals surface area contributed by atoms with E-state index in [0.717, 1.165) is 17.8 Å². The fraction of sp³-hybridized carbons (Fsp3) is 0.647. The Bertz CT molecular complexity index is 616. The Labute approximate surface area is 139 Å². The average Bonchev–Trinajstić information content (AvgIpc) is 2.86. The van der Waals surface area contributed by atoms with Gasteiger partial charge in [0.1, 0.15) is 0 Å². The Morgan fingerprint density at radius 3 is 2.65 bits per heavy atom. The summed E-state index contributed by atoms with van der Waals surface area (Å²) in [6.07, 6.45) is 1.10. The van der Waals surface area contributed by atoms with Gasteiger partial charge in [-0.15, -0.1) is 0 Å². The van der Waals surface area contributed by atoms with Crippen molar-refractivity contribution in [2.45, 2.75) is 45.8 Å². The van der Waals surface area contributed by atoms with Crippen LogP contribution in [0.3, 0.4) is 0 Å². The molecule has 1 saturated heterocycles. The molecule has 5 nitrogen and oxygen atoms in total. The topological polar surface area (TPSA) is 69.6 Å². The second kappa shape index (κ2) is 7.64. The zero-order chi connectivity index (χ0) is 17.0. The van der Waals surface area contributed by atoms with Crippen molar-refractivity contribution in [1.82, 2.24) is 5.32 Å². The van der Waals surface area contributed by atoms with Gasteiger partial charge in [-0.1, -0.05) is 26.0 Å². The van der Waals surface area contributed by atoms with E-state index in [1.54, 1.807) is 0 Å². The van der Waals surface area contributed by atoms with E-state index in [4.69, 9.17) is 0 Å². The first-order valence-corrected chi connectivity index (χ1v) is 9.94. The van der Waals surface area contributed by atoms with Crippen molar-refractivity contribution in [1.29, 1.82) is 0 Å². The lowest BCUT2D eigenvalue weighted by atomic mass is 10.0. The highest BCUT2D eigenvalue weighted by molar-refractivity contribution is 7.93. The second-order valence-corrected chi connectivity index (χ2v) is 8.63. The Kier molecular flexibility index (Phi) is 6.06.